The Kier molecular flexibility index (Phi) is 4.29. The molecular formula is C18H19N5O2S2. The van der Waals surface area contributed by atoms with E-state index in [0.717, 1.165) is 32.1 Å². The molecule has 0 fully saturated rings. The molecule has 2 aromatic rings. The summed E-state index contributed by atoms with van der Waals surface area (Å²) in [6.45, 7) is 6.24. The minimum atomic E-state index is -0.522. The lowest BCUT2D eigenvalue weighted by Gasteiger charge is -2.35. The Morgan fingerprint density at radius 1 is 1.30 bits per heavy atom. The fourth-order valence-electron chi connectivity index (χ4n) is 3.29. The predicted octanol–water partition coefficient (Wildman–Crippen LogP) is 3.77. The van der Waals surface area contributed by atoms with E-state index < -0.39 is 5.91 Å². The number of fused-ring (bicyclic) bond motifs is 1. The Balaban J connectivity index is 1.62. The van der Waals surface area contributed by atoms with Crippen LogP contribution in [0, 0.1) is 6.92 Å². The first-order valence-corrected chi connectivity index (χ1v) is 9.98. The van der Waals surface area contributed by atoms with E-state index in [4.69, 9.17) is 10.2 Å². The second kappa shape index (κ2) is 6.52. The summed E-state index contributed by atoms with van der Waals surface area (Å²) in [6, 6.07) is 3.45. The second-order valence-electron chi connectivity index (χ2n) is 6.47. The maximum Gasteiger partial charge on any atom is 0.284 e. The molecule has 1 atom stereocenters. The third kappa shape index (κ3) is 3.03. The molecule has 1 unspecified atom stereocenters. The van der Waals surface area contributed by atoms with Gasteiger partial charge in [0, 0.05) is 16.8 Å². The maximum atomic E-state index is 11.5. The van der Waals surface area contributed by atoms with Crippen LogP contribution in [0.5, 0.6) is 0 Å². The van der Waals surface area contributed by atoms with Crippen molar-refractivity contribution >= 4 is 44.4 Å². The van der Waals surface area contributed by atoms with Gasteiger partial charge in [0.2, 0.25) is 0 Å². The van der Waals surface area contributed by atoms with Gasteiger partial charge in [-0.05, 0) is 45.1 Å². The zero-order valence-corrected chi connectivity index (χ0v) is 16.7. The van der Waals surface area contributed by atoms with Crippen molar-refractivity contribution in [3.63, 3.8) is 0 Å². The number of amides is 1. The summed E-state index contributed by atoms with van der Waals surface area (Å²) >= 11 is 2.82. The molecule has 2 aromatic heterocycles. The lowest BCUT2D eigenvalue weighted by molar-refractivity contribution is 0.0711. The average Bonchev–Trinajstić information content (AvgIpc) is 3.29. The largest absolute Gasteiger partial charge is 0.361 e. The minimum absolute atomic E-state index is 0.280. The van der Waals surface area contributed by atoms with Crippen molar-refractivity contribution in [2.45, 2.75) is 26.4 Å². The van der Waals surface area contributed by atoms with Gasteiger partial charge < -0.3 is 15.5 Å². The molecule has 9 heteroatoms. The van der Waals surface area contributed by atoms with E-state index in [-0.39, 0.29) is 5.66 Å². The van der Waals surface area contributed by atoms with Gasteiger partial charge in [-0.3, -0.25) is 10.0 Å². The van der Waals surface area contributed by atoms with Crippen LogP contribution in [0.4, 0.5) is 10.1 Å². The van der Waals surface area contributed by atoms with E-state index in [1.807, 2.05) is 12.2 Å². The van der Waals surface area contributed by atoms with Gasteiger partial charge in [-0.1, -0.05) is 6.08 Å². The van der Waals surface area contributed by atoms with Crippen LogP contribution < -0.4 is 16.1 Å². The number of nitrogens with one attached hydrogen (secondary N) is 3. The fraction of sp³-hybridized carbons (Fsp3) is 0.222. The standard InChI is InChI=1S/C18H19N5O2S2/c1-10-15(23-9-5-4-8-18(23,3)21-10)14-11(2)26-17(20-14)19-13-7-6-12(27-13)16(24)22-25/h4-9,21,25H,1-3H3,(H,19,20)(H,22,24). The number of anilines is 2. The summed E-state index contributed by atoms with van der Waals surface area (Å²) in [5.74, 6) is -0.522. The van der Waals surface area contributed by atoms with Gasteiger partial charge in [0.05, 0.1) is 15.6 Å². The molecule has 2 aliphatic rings. The number of thiophene rings is 1. The van der Waals surface area contributed by atoms with E-state index >= 15 is 0 Å². The Labute approximate surface area is 164 Å². The zero-order chi connectivity index (χ0) is 19.2. The first-order valence-electron chi connectivity index (χ1n) is 8.35. The summed E-state index contributed by atoms with van der Waals surface area (Å²) in [4.78, 5) is 20.0. The molecule has 1 amide bonds. The van der Waals surface area contributed by atoms with E-state index in [1.165, 1.54) is 11.3 Å². The summed E-state index contributed by atoms with van der Waals surface area (Å²) < 4.78 is 0. The van der Waals surface area contributed by atoms with Crippen molar-refractivity contribution < 1.29 is 10.0 Å². The van der Waals surface area contributed by atoms with Gasteiger partial charge in [0.25, 0.3) is 5.91 Å². The van der Waals surface area contributed by atoms with Gasteiger partial charge in [-0.15, -0.1) is 22.7 Å². The molecule has 7 nitrogen and oxygen atoms in total. The maximum absolute atomic E-state index is 11.5. The molecule has 0 radical (unpaired) electrons. The Morgan fingerprint density at radius 3 is 2.89 bits per heavy atom. The van der Waals surface area contributed by atoms with Crippen molar-refractivity contribution in [2.75, 3.05) is 5.32 Å². The van der Waals surface area contributed by atoms with Crippen molar-refractivity contribution in [3.05, 3.63) is 57.7 Å². The number of hydroxylamine groups is 1. The van der Waals surface area contributed by atoms with E-state index in [0.29, 0.717) is 4.88 Å². The summed E-state index contributed by atoms with van der Waals surface area (Å²) in [6.07, 6.45) is 8.24. The van der Waals surface area contributed by atoms with E-state index in [1.54, 1.807) is 28.9 Å². The third-order valence-corrected chi connectivity index (χ3v) is 6.37. The van der Waals surface area contributed by atoms with Gasteiger partial charge >= 0.3 is 0 Å². The first kappa shape index (κ1) is 17.8. The third-order valence-electron chi connectivity index (χ3n) is 4.49. The molecule has 140 valence electrons. The normalized spacial score (nSPS) is 20.7. The number of allylic oxidation sites excluding steroid dienone is 3. The van der Waals surface area contributed by atoms with Crippen molar-refractivity contribution in [1.82, 2.24) is 20.7 Å². The number of hydrogen-bond donors (Lipinski definition) is 4. The monoisotopic (exact) mass is 401 g/mol. The average molecular weight is 402 g/mol. The van der Waals surface area contributed by atoms with Gasteiger partial charge in [0.15, 0.2) is 5.13 Å². The smallest absolute Gasteiger partial charge is 0.284 e. The number of aromatic nitrogens is 1. The van der Waals surface area contributed by atoms with Crippen LogP contribution in [-0.2, 0) is 0 Å². The minimum Gasteiger partial charge on any atom is -0.361 e. The topological polar surface area (TPSA) is 89.5 Å². The molecular weight excluding hydrogens is 382 g/mol. The number of carbonyl (C=O) groups is 1. The molecule has 27 heavy (non-hydrogen) atoms. The molecule has 4 rings (SSSR count). The summed E-state index contributed by atoms with van der Waals surface area (Å²) in [5.41, 5.74) is 4.43. The van der Waals surface area contributed by atoms with Crippen molar-refractivity contribution in [2.24, 2.45) is 0 Å². The number of thiazole rings is 1. The molecule has 0 aliphatic carbocycles. The number of hydrogen-bond acceptors (Lipinski definition) is 8. The molecule has 0 bridgehead atoms. The lowest BCUT2D eigenvalue weighted by Crippen LogP contribution is -2.46. The van der Waals surface area contributed by atoms with E-state index in [2.05, 4.69) is 48.6 Å². The number of aryl methyl sites for hydroxylation is 1. The highest BCUT2D eigenvalue weighted by molar-refractivity contribution is 7.19. The van der Waals surface area contributed by atoms with Crippen molar-refractivity contribution in [3.8, 4) is 0 Å². The van der Waals surface area contributed by atoms with Crippen LogP contribution in [0.2, 0.25) is 0 Å². The first-order chi connectivity index (χ1) is 12.9. The SMILES string of the molecule is CC1=C(c2nc(Nc3ccc(C(=O)NO)s3)sc2C)N2C=CC=CC2(C)N1. The lowest BCUT2D eigenvalue weighted by atomic mass is 10.1. The quantitative estimate of drug-likeness (QED) is 0.461. The van der Waals surface area contributed by atoms with Crippen molar-refractivity contribution in [1.29, 1.82) is 0 Å². The molecule has 4 N–H and O–H groups in total. The van der Waals surface area contributed by atoms with Crippen LogP contribution in [0.3, 0.4) is 0 Å². The van der Waals surface area contributed by atoms with Crippen LogP contribution in [0.15, 0.2) is 42.3 Å². The molecule has 4 heterocycles. The molecule has 0 saturated carbocycles. The Bertz CT molecular complexity index is 1000. The van der Waals surface area contributed by atoms with Gasteiger partial charge in [0.1, 0.15) is 11.4 Å². The fourth-order valence-corrected chi connectivity index (χ4v) is 4.98. The Hall–Kier alpha value is -2.62. The van der Waals surface area contributed by atoms with Gasteiger partial charge in [-0.2, -0.15) is 0 Å². The number of rotatable bonds is 4. The molecule has 2 aliphatic heterocycles. The number of carbonyl (C=O) groups excluding carboxylic acids is 1. The van der Waals surface area contributed by atoms with Crippen LogP contribution in [0.1, 0.15) is 34.1 Å². The summed E-state index contributed by atoms with van der Waals surface area (Å²) in [5, 5.41) is 17.1. The highest BCUT2D eigenvalue weighted by atomic mass is 32.1. The molecule has 0 aromatic carbocycles. The molecule has 0 saturated heterocycles. The zero-order valence-electron chi connectivity index (χ0n) is 15.0. The highest BCUT2D eigenvalue weighted by Crippen LogP contribution is 2.41. The predicted molar refractivity (Wildman–Crippen MR) is 108 cm³/mol. The highest BCUT2D eigenvalue weighted by Gasteiger charge is 2.39. The Morgan fingerprint density at radius 2 is 2.11 bits per heavy atom. The number of nitrogens with zero attached hydrogens (tertiary/aromatic N) is 2. The summed E-state index contributed by atoms with van der Waals surface area (Å²) in [7, 11) is 0. The van der Waals surface area contributed by atoms with Gasteiger partial charge in [-0.25, -0.2) is 10.5 Å². The molecule has 0 spiro atoms. The van der Waals surface area contributed by atoms with Crippen LogP contribution in [-0.4, -0.2) is 26.7 Å². The van der Waals surface area contributed by atoms with Crippen LogP contribution >= 0.6 is 22.7 Å². The van der Waals surface area contributed by atoms with Crippen LogP contribution in [0.25, 0.3) is 5.70 Å². The van der Waals surface area contributed by atoms with E-state index in [9.17, 15) is 4.79 Å². The second-order valence-corrected chi connectivity index (χ2v) is 8.76.